The monoisotopic (exact) mass is 361 g/mol. The summed E-state index contributed by atoms with van der Waals surface area (Å²) in [5, 5.41) is 4.55. The van der Waals surface area contributed by atoms with Crippen LogP contribution in [0.5, 0.6) is 0 Å². The second kappa shape index (κ2) is 7.22. The van der Waals surface area contributed by atoms with Crippen LogP contribution in [-0.4, -0.2) is 10.9 Å². The summed E-state index contributed by atoms with van der Waals surface area (Å²) >= 11 is 0. The van der Waals surface area contributed by atoms with Crippen molar-refractivity contribution in [2.24, 2.45) is 0 Å². The van der Waals surface area contributed by atoms with E-state index in [2.05, 4.69) is 15.6 Å². The number of hydrogen-bond acceptors (Lipinski definition) is 3. The van der Waals surface area contributed by atoms with Crippen molar-refractivity contribution in [2.75, 3.05) is 10.6 Å². The van der Waals surface area contributed by atoms with Crippen molar-refractivity contribution in [3.8, 4) is 0 Å². The maximum Gasteiger partial charge on any atom is 0.256 e. The minimum absolute atomic E-state index is 0.0121. The largest absolute Gasteiger partial charge is 0.335 e. The number of para-hydroxylation sites is 2. The topological polar surface area (TPSA) is 54.0 Å². The number of amides is 1. The lowest BCUT2D eigenvalue weighted by atomic mass is 10.2. The molecule has 3 aromatic rings. The first-order valence-electron chi connectivity index (χ1n) is 7.38. The molecular weight excluding hydrogens is 350 g/mol. The van der Waals surface area contributed by atoms with Gasteiger partial charge >= 0.3 is 0 Å². The third kappa shape index (κ3) is 3.64. The number of pyridine rings is 1. The minimum atomic E-state index is -0.931. The van der Waals surface area contributed by atoms with Gasteiger partial charge in [-0.05, 0) is 36.4 Å². The first kappa shape index (κ1) is 17.4. The van der Waals surface area contributed by atoms with Gasteiger partial charge in [-0.3, -0.25) is 4.79 Å². The van der Waals surface area contributed by atoms with Crippen LogP contribution in [0.4, 0.5) is 34.8 Å². The first-order valence-corrected chi connectivity index (χ1v) is 7.38. The second-order valence-corrected chi connectivity index (χ2v) is 5.20. The Morgan fingerprint density at radius 3 is 1.92 bits per heavy atom. The summed E-state index contributed by atoms with van der Waals surface area (Å²) in [6, 6.07) is 8.97. The fraction of sp³-hybridized carbons (Fsp3) is 0. The number of aromatic nitrogens is 1. The maximum atomic E-state index is 13.7. The van der Waals surface area contributed by atoms with Gasteiger partial charge in [0, 0.05) is 11.8 Å². The standard InChI is InChI=1S/C18H11F4N3O/c19-11-3-1-4-12(20)16(11)24-15-9-10(7-8-23-15)18(26)25-17-13(21)5-2-6-14(17)22/h1-9H,(H,23,24)(H,25,26). The third-order valence-electron chi connectivity index (χ3n) is 3.44. The molecule has 4 nitrogen and oxygen atoms in total. The van der Waals surface area contributed by atoms with Crippen LogP contribution in [0.15, 0.2) is 54.7 Å². The molecule has 0 saturated heterocycles. The Kier molecular flexibility index (Phi) is 4.83. The average Bonchev–Trinajstić information content (AvgIpc) is 2.62. The summed E-state index contributed by atoms with van der Waals surface area (Å²) in [5.74, 6) is -4.37. The Morgan fingerprint density at radius 2 is 1.35 bits per heavy atom. The highest BCUT2D eigenvalue weighted by Crippen LogP contribution is 2.23. The quantitative estimate of drug-likeness (QED) is 0.666. The van der Waals surface area contributed by atoms with Crippen LogP contribution < -0.4 is 10.6 Å². The number of rotatable bonds is 4. The molecule has 26 heavy (non-hydrogen) atoms. The van der Waals surface area contributed by atoms with E-state index in [4.69, 9.17) is 0 Å². The number of halogens is 4. The number of carbonyl (C=O) groups excluding carboxylic acids is 1. The summed E-state index contributed by atoms with van der Waals surface area (Å²) in [5.41, 5.74) is -1.04. The molecule has 2 N–H and O–H groups in total. The van der Waals surface area contributed by atoms with E-state index in [1.165, 1.54) is 24.4 Å². The van der Waals surface area contributed by atoms with Gasteiger partial charge in [-0.1, -0.05) is 12.1 Å². The Hall–Kier alpha value is -3.42. The highest BCUT2D eigenvalue weighted by Gasteiger charge is 2.15. The van der Waals surface area contributed by atoms with E-state index >= 15 is 0 Å². The van der Waals surface area contributed by atoms with Gasteiger partial charge in [0.25, 0.3) is 5.91 Å². The molecule has 0 aliphatic rings. The lowest BCUT2D eigenvalue weighted by molar-refractivity contribution is 0.102. The molecule has 0 fully saturated rings. The van der Waals surface area contributed by atoms with Gasteiger partial charge in [-0.25, -0.2) is 22.5 Å². The van der Waals surface area contributed by atoms with Crippen LogP contribution >= 0.6 is 0 Å². The normalized spacial score (nSPS) is 10.5. The van der Waals surface area contributed by atoms with E-state index in [1.807, 2.05) is 0 Å². The fourth-order valence-electron chi connectivity index (χ4n) is 2.19. The van der Waals surface area contributed by atoms with Crippen molar-refractivity contribution in [2.45, 2.75) is 0 Å². The predicted molar refractivity (Wildman–Crippen MR) is 88.2 cm³/mol. The van der Waals surface area contributed by atoms with E-state index < -0.39 is 40.6 Å². The first-order chi connectivity index (χ1) is 12.5. The molecule has 8 heteroatoms. The van der Waals surface area contributed by atoms with Gasteiger partial charge < -0.3 is 10.6 Å². The molecule has 1 heterocycles. The molecule has 1 aromatic heterocycles. The van der Waals surface area contributed by atoms with Crippen LogP contribution in [0.3, 0.4) is 0 Å². The van der Waals surface area contributed by atoms with Crippen molar-refractivity contribution in [3.05, 3.63) is 83.6 Å². The highest BCUT2D eigenvalue weighted by atomic mass is 19.1. The molecule has 0 atom stereocenters. The molecule has 0 aliphatic carbocycles. The van der Waals surface area contributed by atoms with Gasteiger partial charge in [-0.15, -0.1) is 0 Å². The zero-order valence-corrected chi connectivity index (χ0v) is 13.1. The molecule has 0 bridgehead atoms. The highest BCUT2D eigenvalue weighted by molar-refractivity contribution is 6.04. The minimum Gasteiger partial charge on any atom is -0.335 e. The average molecular weight is 361 g/mol. The Labute approximate surface area is 145 Å². The van der Waals surface area contributed by atoms with Crippen LogP contribution in [0.2, 0.25) is 0 Å². The third-order valence-corrected chi connectivity index (χ3v) is 3.44. The zero-order valence-electron chi connectivity index (χ0n) is 13.1. The Bertz CT molecular complexity index is 938. The number of benzene rings is 2. The van der Waals surface area contributed by atoms with E-state index in [9.17, 15) is 22.4 Å². The Balaban J connectivity index is 1.84. The molecule has 1 amide bonds. The summed E-state index contributed by atoms with van der Waals surface area (Å²) in [6.07, 6.45) is 1.22. The van der Waals surface area contributed by atoms with E-state index in [-0.39, 0.29) is 11.4 Å². The number of carbonyl (C=O) groups is 1. The van der Waals surface area contributed by atoms with Crippen molar-refractivity contribution < 1.29 is 22.4 Å². The summed E-state index contributed by atoms with van der Waals surface area (Å²) < 4.78 is 54.6. The molecule has 0 spiro atoms. The van der Waals surface area contributed by atoms with Crippen LogP contribution in [-0.2, 0) is 0 Å². The zero-order chi connectivity index (χ0) is 18.7. The smallest absolute Gasteiger partial charge is 0.256 e. The molecule has 0 unspecified atom stereocenters. The van der Waals surface area contributed by atoms with Gasteiger partial charge in [0.2, 0.25) is 0 Å². The number of anilines is 3. The predicted octanol–water partition coefficient (Wildman–Crippen LogP) is 4.63. The molecule has 0 aliphatic heterocycles. The van der Waals surface area contributed by atoms with Crippen molar-refractivity contribution >= 4 is 23.1 Å². The maximum absolute atomic E-state index is 13.7. The van der Waals surface area contributed by atoms with Gasteiger partial charge in [-0.2, -0.15) is 0 Å². The second-order valence-electron chi connectivity index (χ2n) is 5.20. The van der Waals surface area contributed by atoms with Crippen LogP contribution in [0.1, 0.15) is 10.4 Å². The number of nitrogens with zero attached hydrogens (tertiary/aromatic N) is 1. The Morgan fingerprint density at radius 1 is 0.808 bits per heavy atom. The van der Waals surface area contributed by atoms with Gasteiger partial charge in [0.15, 0.2) is 0 Å². The van der Waals surface area contributed by atoms with E-state index in [0.29, 0.717) is 0 Å². The molecule has 0 saturated carbocycles. The molecule has 0 radical (unpaired) electrons. The van der Waals surface area contributed by atoms with Gasteiger partial charge in [0.05, 0.1) is 0 Å². The molecule has 2 aromatic carbocycles. The van der Waals surface area contributed by atoms with E-state index in [0.717, 1.165) is 30.3 Å². The summed E-state index contributed by atoms with van der Waals surface area (Å²) in [7, 11) is 0. The van der Waals surface area contributed by atoms with Crippen LogP contribution in [0.25, 0.3) is 0 Å². The number of nitrogens with one attached hydrogen (secondary N) is 2. The van der Waals surface area contributed by atoms with Crippen molar-refractivity contribution in [3.63, 3.8) is 0 Å². The SMILES string of the molecule is O=C(Nc1c(F)cccc1F)c1ccnc(Nc2c(F)cccc2F)c1. The fourth-order valence-corrected chi connectivity index (χ4v) is 2.19. The lowest BCUT2D eigenvalue weighted by Gasteiger charge is -2.10. The van der Waals surface area contributed by atoms with Crippen molar-refractivity contribution in [1.29, 1.82) is 0 Å². The summed E-state index contributed by atoms with van der Waals surface area (Å²) in [4.78, 5) is 16.1. The molecule has 3 rings (SSSR count). The van der Waals surface area contributed by atoms with E-state index in [1.54, 1.807) is 0 Å². The number of hydrogen-bond donors (Lipinski definition) is 2. The van der Waals surface area contributed by atoms with Gasteiger partial charge in [0.1, 0.15) is 40.5 Å². The molecule has 132 valence electrons. The summed E-state index contributed by atoms with van der Waals surface area (Å²) in [6.45, 7) is 0. The lowest BCUT2D eigenvalue weighted by Crippen LogP contribution is -2.14. The molecular formula is C18H11F4N3O. The van der Waals surface area contributed by atoms with Crippen LogP contribution in [0, 0.1) is 23.3 Å². The van der Waals surface area contributed by atoms with Crippen molar-refractivity contribution in [1.82, 2.24) is 4.98 Å².